The second-order valence-corrected chi connectivity index (χ2v) is 9.55. The summed E-state index contributed by atoms with van der Waals surface area (Å²) in [4.78, 5) is 30.6. The molecular weight excluding hydrogens is 418 g/mol. The van der Waals surface area contributed by atoms with Crippen LogP contribution in [0.1, 0.15) is 44.1 Å². The molecule has 0 radical (unpaired) electrons. The molecule has 1 aromatic heterocycles. The number of aldehydes is 1. The number of benzene rings is 2. The first-order valence-electron chi connectivity index (χ1n) is 10.9. The lowest BCUT2D eigenvalue weighted by Gasteiger charge is -2.34. The van der Waals surface area contributed by atoms with Gasteiger partial charge in [-0.2, -0.15) is 0 Å². The Bertz CT molecular complexity index is 1120. The second-order valence-electron chi connectivity index (χ2n) is 8.43. The van der Waals surface area contributed by atoms with Crippen LogP contribution in [0.15, 0.2) is 54.6 Å². The number of likely N-dealkylation sites (N-methyl/N-ethyl adjacent to an activating group) is 1. The third-order valence-electron chi connectivity index (χ3n) is 6.10. The summed E-state index contributed by atoms with van der Waals surface area (Å²) in [6.45, 7) is 7.98. The molecule has 1 atom stereocenters. The standard InChI is InChI=1S/C26H29N3O2S/c1-18-7-8-22(29-13-11-28(3)12-14-29)16-24(18)26(31)27-19(2)20-5-4-6-21(15-20)25-10-9-23(17-30)32-25/h4-10,15-17,19H,11-14H2,1-3H3,(H,27,31)/t19-/m1/s1. The normalized spacial score (nSPS) is 15.4. The van der Waals surface area contributed by atoms with Gasteiger partial charge in [0, 0.05) is 42.3 Å². The monoisotopic (exact) mass is 447 g/mol. The van der Waals surface area contributed by atoms with Gasteiger partial charge in [0.15, 0.2) is 6.29 Å². The van der Waals surface area contributed by atoms with Crippen molar-refractivity contribution >= 4 is 29.2 Å². The van der Waals surface area contributed by atoms with E-state index in [0.29, 0.717) is 4.88 Å². The summed E-state index contributed by atoms with van der Waals surface area (Å²) in [5.41, 5.74) is 4.88. The Morgan fingerprint density at radius 2 is 1.84 bits per heavy atom. The van der Waals surface area contributed by atoms with Crippen LogP contribution in [0.2, 0.25) is 0 Å². The maximum absolute atomic E-state index is 13.2. The summed E-state index contributed by atoms with van der Waals surface area (Å²) in [7, 11) is 2.14. The highest BCUT2D eigenvalue weighted by molar-refractivity contribution is 7.17. The molecule has 3 aromatic rings. The number of rotatable bonds is 6. The lowest BCUT2D eigenvalue weighted by molar-refractivity contribution is 0.0939. The Kier molecular flexibility index (Phi) is 6.72. The van der Waals surface area contributed by atoms with Gasteiger partial charge in [0.25, 0.3) is 5.91 Å². The summed E-state index contributed by atoms with van der Waals surface area (Å²) in [5.74, 6) is -0.0595. The molecule has 32 heavy (non-hydrogen) atoms. The SMILES string of the molecule is Cc1ccc(N2CCN(C)CC2)cc1C(=O)N[C@H](C)c1cccc(-c2ccc(C=O)s2)c1. The molecule has 1 fully saturated rings. The Hall–Kier alpha value is -2.96. The fourth-order valence-electron chi connectivity index (χ4n) is 4.01. The van der Waals surface area contributed by atoms with E-state index in [1.807, 2.05) is 56.3 Å². The van der Waals surface area contributed by atoms with Crippen molar-refractivity contribution in [1.82, 2.24) is 10.2 Å². The molecule has 6 heteroatoms. The first-order valence-corrected chi connectivity index (χ1v) is 11.8. The van der Waals surface area contributed by atoms with Gasteiger partial charge in [-0.1, -0.05) is 24.3 Å². The predicted molar refractivity (Wildman–Crippen MR) is 132 cm³/mol. The Morgan fingerprint density at radius 3 is 2.56 bits per heavy atom. The van der Waals surface area contributed by atoms with E-state index in [1.165, 1.54) is 11.3 Å². The molecule has 0 spiro atoms. The van der Waals surface area contributed by atoms with Gasteiger partial charge in [0.1, 0.15) is 0 Å². The molecule has 1 aliphatic heterocycles. The third-order valence-corrected chi connectivity index (χ3v) is 7.16. The van der Waals surface area contributed by atoms with Crippen LogP contribution in [0, 0.1) is 6.92 Å². The lowest BCUT2D eigenvalue weighted by atomic mass is 10.0. The molecule has 1 N–H and O–H groups in total. The van der Waals surface area contributed by atoms with E-state index in [9.17, 15) is 9.59 Å². The molecule has 1 aliphatic rings. The zero-order valence-corrected chi connectivity index (χ0v) is 19.6. The number of hydrogen-bond donors (Lipinski definition) is 1. The van der Waals surface area contributed by atoms with Gasteiger partial charge < -0.3 is 15.1 Å². The largest absolute Gasteiger partial charge is 0.369 e. The van der Waals surface area contributed by atoms with Crippen molar-refractivity contribution in [1.29, 1.82) is 0 Å². The van der Waals surface area contributed by atoms with Crippen molar-refractivity contribution in [2.75, 3.05) is 38.1 Å². The molecule has 0 bridgehead atoms. The molecular formula is C26H29N3O2S. The van der Waals surface area contributed by atoms with E-state index in [1.54, 1.807) is 0 Å². The van der Waals surface area contributed by atoms with Crippen molar-refractivity contribution in [3.05, 3.63) is 76.2 Å². The first-order chi connectivity index (χ1) is 15.4. The summed E-state index contributed by atoms with van der Waals surface area (Å²) in [6, 6.07) is 18.0. The molecule has 0 unspecified atom stereocenters. The summed E-state index contributed by atoms with van der Waals surface area (Å²) < 4.78 is 0. The van der Waals surface area contributed by atoms with Crippen LogP contribution in [-0.2, 0) is 0 Å². The maximum Gasteiger partial charge on any atom is 0.252 e. The molecule has 5 nitrogen and oxygen atoms in total. The van der Waals surface area contributed by atoms with Gasteiger partial charge in [-0.05, 0) is 67.9 Å². The number of nitrogens with zero attached hydrogens (tertiary/aromatic N) is 2. The van der Waals surface area contributed by atoms with E-state index in [0.717, 1.165) is 65.3 Å². The van der Waals surface area contributed by atoms with Crippen LogP contribution in [0.4, 0.5) is 5.69 Å². The van der Waals surface area contributed by atoms with Crippen LogP contribution < -0.4 is 10.2 Å². The Morgan fingerprint density at radius 1 is 1.06 bits per heavy atom. The highest BCUT2D eigenvalue weighted by atomic mass is 32.1. The first kappa shape index (κ1) is 22.2. The van der Waals surface area contributed by atoms with E-state index in [2.05, 4.69) is 34.3 Å². The quantitative estimate of drug-likeness (QED) is 0.553. The predicted octanol–water partition coefficient (Wildman–Crippen LogP) is 4.78. The summed E-state index contributed by atoms with van der Waals surface area (Å²) in [5, 5.41) is 3.17. The number of aryl methyl sites for hydroxylation is 1. The van der Waals surface area contributed by atoms with Crippen LogP contribution >= 0.6 is 11.3 Å². The van der Waals surface area contributed by atoms with Crippen molar-refractivity contribution in [2.24, 2.45) is 0 Å². The maximum atomic E-state index is 13.2. The van der Waals surface area contributed by atoms with Crippen molar-refractivity contribution < 1.29 is 9.59 Å². The number of anilines is 1. The van der Waals surface area contributed by atoms with Crippen LogP contribution in [-0.4, -0.2) is 50.3 Å². The zero-order chi connectivity index (χ0) is 22.7. The van der Waals surface area contributed by atoms with Gasteiger partial charge in [0.05, 0.1) is 10.9 Å². The molecule has 4 rings (SSSR count). The van der Waals surface area contributed by atoms with Crippen LogP contribution in [0.3, 0.4) is 0 Å². The van der Waals surface area contributed by atoms with Gasteiger partial charge in [0.2, 0.25) is 0 Å². The highest BCUT2D eigenvalue weighted by Crippen LogP contribution is 2.29. The average molecular weight is 448 g/mol. The van der Waals surface area contributed by atoms with Gasteiger partial charge in [-0.25, -0.2) is 0 Å². The van der Waals surface area contributed by atoms with Crippen molar-refractivity contribution in [3.8, 4) is 10.4 Å². The molecule has 1 saturated heterocycles. The van der Waals surface area contributed by atoms with Gasteiger partial charge in [-0.3, -0.25) is 9.59 Å². The fourth-order valence-corrected chi connectivity index (χ4v) is 4.83. The Labute approximate surface area is 193 Å². The van der Waals surface area contributed by atoms with E-state index < -0.39 is 0 Å². The minimum Gasteiger partial charge on any atom is -0.369 e. The minimum absolute atomic E-state index is 0.0595. The number of nitrogens with one attached hydrogen (secondary N) is 1. The van der Waals surface area contributed by atoms with Gasteiger partial charge >= 0.3 is 0 Å². The smallest absolute Gasteiger partial charge is 0.252 e. The average Bonchev–Trinajstić information content (AvgIpc) is 3.29. The zero-order valence-electron chi connectivity index (χ0n) is 18.8. The number of thiophene rings is 1. The molecule has 1 amide bonds. The molecule has 166 valence electrons. The fraction of sp³-hybridized carbons (Fsp3) is 0.308. The molecule has 0 saturated carbocycles. The lowest BCUT2D eigenvalue weighted by Crippen LogP contribution is -2.44. The molecule has 2 heterocycles. The topological polar surface area (TPSA) is 52.6 Å². The number of carbonyl (C=O) groups is 2. The van der Waals surface area contributed by atoms with E-state index >= 15 is 0 Å². The van der Waals surface area contributed by atoms with E-state index in [-0.39, 0.29) is 11.9 Å². The minimum atomic E-state index is -0.139. The number of amides is 1. The van der Waals surface area contributed by atoms with Gasteiger partial charge in [-0.15, -0.1) is 11.3 Å². The Balaban J connectivity index is 1.49. The van der Waals surface area contributed by atoms with Crippen molar-refractivity contribution in [2.45, 2.75) is 19.9 Å². The van der Waals surface area contributed by atoms with Crippen molar-refractivity contribution in [3.63, 3.8) is 0 Å². The number of piperazine rings is 1. The number of carbonyl (C=O) groups excluding carboxylic acids is 2. The summed E-state index contributed by atoms with van der Waals surface area (Å²) in [6.07, 6.45) is 0.874. The molecule has 2 aromatic carbocycles. The van der Waals surface area contributed by atoms with E-state index in [4.69, 9.17) is 0 Å². The summed E-state index contributed by atoms with van der Waals surface area (Å²) >= 11 is 1.47. The van der Waals surface area contributed by atoms with Crippen LogP contribution in [0.5, 0.6) is 0 Å². The van der Waals surface area contributed by atoms with Crippen LogP contribution in [0.25, 0.3) is 10.4 Å². The highest BCUT2D eigenvalue weighted by Gasteiger charge is 2.18. The third kappa shape index (κ3) is 4.92. The molecule has 0 aliphatic carbocycles. The second kappa shape index (κ2) is 9.67. The number of hydrogen-bond acceptors (Lipinski definition) is 5.